The van der Waals surface area contributed by atoms with E-state index in [1.807, 2.05) is 0 Å². The maximum atomic E-state index is 6.44. The Labute approximate surface area is 125 Å². The zero-order valence-corrected chi connectivity index (χ0v) is 12.5. The summed E-state index contributed by atoms with van der Waals surface area (Å²) < 4.78 is 6.44. The Hall–Kier alpha value is -0.110. The number of hydrogen-bond acceptors (Lipinski definition) is 1. The summed E-state index contributed by atoms with van der Waals surface area (Å²) in [7, 11) is 0. The van der Waals surface area contributed by atoms with E-state index in [9.17, 15) is 0 Å². The summed E-state index contributed by atoms with van der Waals surface area (Å²) in [5.41, 5.74) is 1.48. The van der Waals surface area contributed by atoms with Gasteiger partial charge in [0.05, 0.1) is 5.60 Å². The molecule has 1 aromatic carbocycles. The maximum Gasteiger partial charge on any atom is 1.00 e. The Bertz CT molecular complexity index is 409. The summed E-state index contributed by atoms with van der Waals surface area (Å²) in [5.74, 6) is 2.79. The summed E-state index contributed by atoms with van der Waals surface area (Å²) in [4.78, 5) is 0. The number of hydrogen-bond donors (Lipinski definition) is 0. The Kier molecular flexibility index (Phi) is 2.97. The van der Waals surface area contributed by atoms with Crippen LogP contribution in [0, 0.1) is 18.3 Å². The minimum absolute atomic E-state index is 0. The van der Waals surface area contributed by atoms with Crippen molar-refractivity contribution < 1.29 is 34.3 Å². The fraction of sp³-hybridized carbons (Fsp3) is 0.533. The van der Waals surface area contributed by atoms with Gasteiger partial charge in [-0.05, 0) is 43.9 Å². The van der Waals surface area contributed by atoms with Crippen LogP contribution in [-0.2, 0) is 0 Å². The molecule has 2 aliphatic carbocycles. The number of benzene rings is 1. The van der Waals surface area contributed by atoms with Crippen LogP contribution in [0.25, 0.3) is 0 Å². The van der Waals surface area contributed by atoms with Crippen molar-refractivity contribution in [3.05, 3.63) is 36.2 Å². The molecule has 84 valence electrons. The van der Waals surface area contributed by atoms with Gasteiger partial charge in [0.2, 0.25) is 0 Å². The standard InChI is InChI=1S/C15H17O.Na/c1-2-4-14-11(3-1)9-10-15(16-14,12-5-6-12)13-7-8-13;/h1-4,9,12-13H,5-8,10H2;/q-1;+1. The van der Waals surface area contributed by atoms with Gasteiger partial charge >= 0.3 is 29.6 Å². The molecular weight excluding hydrogens is 219 g/mol. The first-order valence-electron chi connectivity index (χ1n) is 6.50. The molecule has 0 atom stereocenters. The fourth-order valence-electron chi connectivity index (χ4n) is 3.24. The van der Waals surface area contributed by atoms with Gasteiger partial charge in [0.25, 0.3) is 0 Å². The van der Waals surface area contributed by atoms with E-state index in [-0.39, 0.29) is 35.2 Å². The molecule has 1 nitrogen and oxygen atoms in total. The molecule has 1 heterocycles. The second kappa shape index (κ2) is 4.22. The van der Waals surface area contributed by atoms with Gasteiger partial charge < -0.3 is 4.74 Å². The Balaban J connectivity index is 0.000000902. The van der Waals surface area contributed by atoms with Crippen molar-refractivity contribution in [3.63, 3.8) is 0 Å². The van der Waals surface area contributed by atoms with E-state index in [4.69, 9.17) is 4.74 Å². The summed E-state index contributed by atoms with van der Waals surface area (Å²) in [6.45, 7) is 0. The predicted octanol–water partition coefficient (Wildman–Crippen LogP) is 0.584. The topological polar surface area (TPSA) is 9.23 Å². The quantitative estimate of drug-likeness (QED) is 0.539. The van der Waals surface area contributed by atoms with Gasteiger partial charge in [-0.2, -0.15) is 18.1 Å². The molecule has 0 amide bonds. The molecule has 17 heavy (non-hydrogen) atoms. The van der Waals surface area contributed by atoms with Crippen LogP contribution in [0.2, 0.25) is 0 Å². The molecule has 4 rings (SSSR count). The molecular formula is C15H17NaO. The van der Waals surface area contributed by atoms with E-state index in [2.05, 4.69) is 30.7 Å². The van der Waals surface area contributed by atoms with Gasteiger partial charge in [0.15, 0.2) is 0 Å². The number of rotatable bonds is 2. The van der Waals surface area contributed by atoms with E-state index in [1.165, 1.54) is 31.2 Å². The molecule has 0 aromatic heterocycles. The minimum Gasteiger partial charge on any atom is -0.545 e. The van der Waals surface area contributed by atoms with E-state index >= 15 is 0 Å². The Morgan fingerprint density at radius 2 is 1.71 bits per heavy atom. The molecule has 0 saturated heterocycles. The van der Waals surface area contributed by atoms with Crippen molar-refractivity contribution in [1.82, 2.24) is 0 Å². The second-order valence-corrected chi connectivity index (χ2v) is 5.55. The first kappa shape index (κ1) is 12.0. The van der Waals surface area contributed by atoms with Crippen LogP contribution in [0.4, 0.5) is 0 Å². The van der Waals surface area contributed by atoms with Crippen molar-refractivity contribution >= 4 is 0 Å². The third-order valence-corrected chi connectivity index (χ3v) is 4.40. The first-order valence-corrected chi connectivity index (χ1v) is 6.50. The Morgan fingerprint density at radius 1 is 1.06 bits per heavy atom. The number of ether oxygens (including phenoxy) is 1. The molecule has 2 saturated carbocycles. The Morgan fingerprint density at radius 3 is 2.35 bits per heavy atom. The minimum atomic E-state index is 0. The van der Waals surface area contributed by atoms with Crippen LogP contribution in [0.1, 0.15) is 37.7 Å². The molecule has 0 unspecified atom stereocenters. The summed E-state index contributed by atoms with van der Waals surface area (Å²) in [6.07, 6.45) is 9.06. The normalized spacial score (nSPS) is 24.9. The monoisotopic (exact) mass is 236 g/mol. The molecule has 3 aliphatic rings. The average Bonchev–Trinajstić information content (AvgIpc) is 3.20. The van der Waals surface area contributed by atoms with Gasteiger partial charge in [0.1, 0.15) is 0 Å². The van der Waals surface area contributed by atoms with Crippen molar-refractivity contribution in [2.75, 3.05) is 0 Å². The van der Waals surface area contributed by atoms with Crippen molar-refractivity contribution in [1.29, 1.82) is 0 Å². The fourth-order valence-corrected chi connectivity index (χ4v) is 3.24. The van der Waals surface area contributed by atoms with E-state index in [0.717, 1.165) is 24.0 Å². The van der Waals surface area contributed by atoms with Crippen LogP contribution < -0.4 is 34.3 Å². The summed E-state index contributed by atoms with van der Waals surface area (Å²) in [6, 6.07) is 8.48. The number of fused-ring (bicyclic) bond motifs is 1. The van der Waals surface area contributed by atoms with Crippen molar-refractivity contribution in [3.8, 4) is 5.75 Å². The SMILES string of the molecule is [Na+].c1ccc2c(c1)[CH-]CC(C1CC1)(C1CC1)O2. The predicted molar refractivity (Wildman–Crippen MR) is 63.3 cm³/mol. The smallest absolute Gasteiger partial charge is 0.545 e. The third-order valence-electron chi connectivity index (χ3n) is 4.40. The zero-order chi connectivity index (χ0) is 10.6. The molecule has 2 fully saturated rings. The zero-order valence-electron chi connectivity index (χ0n) is 10.5. The number of para-hydroxylation sites is 1. The average molecular weight is 236 g/mol. The molecule has 0 radical (unpaired) electrons. The maximum absolute atomic E-state index is 6.44. The molecule has 0 bridgehead atoms. The van der Waals surface area contributed by atoms with E-state index in [0.29, 0.717) is 0 Å². The van der Waals surface area contributed by atoms with Gasteiger partial charge in [-0.1, -0.05) is 12.1 Å². The largest absolute Gasteiger partial charge is 1.00 e. The van der Waals surface area contributed by atoms with E-state index in [1.54, 1.807) is 0 Å². The van der Waals surface area contributed by atoms with E-state index < -0.39 is 0 Å². The summed E-state index contributed by atoms with van der Waals surface area (Å²) >= 11 is 0. The van der Waals surface area contributed by atoms with Crippen LogP contribution in [0.3, 0.4) is 0 Å². The second-order valence-electron chi connectivity index (χ2n) is 5.55. The van der Waals surface area contributed by atoms with Gasteiger partial charge in [-0.25, -0.2) is 0 Å². The van der Waals surface area contributed by atoms with Crippen LogP contribution in [0.5, 0.6) is 5.75 Å². The van der Waals surface area contributed by atoms with Gasteiger partial charge in [-0.15, -0.1) is 6.07 Å². The molecule has 0 N–H and O–H groups in total. The van der Waals surface area contributed by atoms with Crippen LogP contribution in [0.15, 0.2) is 24.3 Å². The molecule has 0 spiro atoms. The van der Waals surface area contributed by atoms with Gasteiger partial charge in [-0.3, -0.25) is 0 Å². The van der Waals surface area contributed by atoms with Crippen LogP contribution >= 0.6 is 0 Å². The molecule has 1 aromatic rings. The summed E-state index contributed by atoms with van der Waals surface area (Å²) in [5, 5.41) is 0. The third kappa shape index (κ3) is 1.93. The van der Waals surface area contributed by atoms with Crippen molar-refractivity contribution in [2.45, 2.75) is 37.7 Å². The molecule has 1 aliphatic heterocycles. The van der Waals surface area contributed by atoms with Gasteiger partial charge in [0, 0.05) is 5.75 Å². The van der Waals surface area contributed by atoms with Crippen molar-refractivity contribution in [2.24, 2.45) is 11.8 Å². The van der Waals surface area contributed by atoms with Crippen LogP contribution in [-0.4, -0.2) is 5.60 Å². The molecule has 2 heteroatoms. The first-order chi connectivity index (χ1) is 7.88.